The van der Waals surface area contributed by atoms with E-state index in [1.54, 1.807) is 10.9 Å². The Balaban J connectivity index is 2.17. The van der Waals surface area contributed by atoms with Gasteiger partial charge in [0.25, 0.3) is 5.91 Å². The Hall–Kier alpha value is -1.17. The van der Waals surface area contributed by atoms with Crippen molar-refractivity contribution in [3.05, 3.63) is 16.9 Å². The van der Waals surface area contributed by atoms with E-state index in [1.807, 2.05) is 6.20 Å². The Kier molecular flexibility index (Phi) is 4.48. The van der Waals surface area contributed by atoms with E-state index in [2.05, 4.69) is 26.3 Å². The van der Waals surface area contributed by atoms with Crippen molar-refractivity contribution >= 4 is 27.6 Å². The number of halogens is 1. The maximum atomic E-state index is 10.9. The molecule has 0 aliphatic carbocycles. The fourth-order valence-corrected chi connectivity index (χ4v) is 1.36. The molecule has 0 radical (unpaired) electrons. The van der Waals surface area contributed by atoms with Gasteiger partial charge in [0.1, 0.15) is 0 Å². The molecule has 0 fully saturated rings. The van der Waals surface area contributed by atoms with Gasteiger partial charge in [0.15, 0.2) is 0 Å². The summed E-state index contributed by atoms with van der Waals surface area (Å²) in [5, 5.41) is 6.58. The third-order valence-electron chi connectivity index (χ3n) is 1.77. The van der Waals surface area contributed by atoms with Gasteiger partial charge in [-0.25, -0.2) is 0 Å². The largest absolute Gasteiger partial charge is 0.349 e. The Bertz CT molecular complexity index is 362. The third-order valence-corrected chi connectivity index (χ3v) is 2.18. The summed E-state index contributed by atoms with van der Waals surface area (Å²) < 4.78 is 2.69. The zero-order chi connectivity index (χ0) is 11.3. The summed E-state index contributed by atoms with van der Waals surface area (Å²) in [6.07, 6.45) is 4.30. The number of carbonyl (C=O) groups is 2. The van der Waals surface area contributed by atoms with Crippen LogP contribution in [0.2, 0.25) is 0 Å². The van der Waals surface area contributed by atoms with Gasteiger partial charge in [0.05, 0.1) is 10.7 Å². The van der Waals surface area contributed by atoms with E-state index in [1.165, 1.54) is 6.92 Å². The second-order valence-electron chi connectivity index (χ2n) is 3.09. The normalized spacial score (nSPS) is 10.0. The molecule has 0 saturated heterocycles. The molecule has 0 bridgehead atoms. The van der Waals surface area contributed by atoms with Gasteiger partial charge in [-0.3, -0.25) is 14.3 Å². The number of hydrogen-bond donors (Lipinski definition) is 1. The molecule has 1 aromatic rings. The highest BCUT2D eigenvalue weighted by Crippen LogP contribution is 2.06. The molecule has 0 spiro atoms. The second-order valence-corrected chi connectivity index (χ2v) is 4.00. The molecule has 15 heavy (non-hydrogen) atoms. The fraction of sp³-hybridized carbons (Fsp3) is 0.444. The van der Waals surface area contributed by atoms with Crippen molar-refractivity contribution in [1.82, 2.24) is 15.1 Å². The summed E-state index contributed by atoms with van der Waals surface area (Å²) in [4.78, 5) is 21.4. The van der Waals surface area contributed by atoms with Crippen LogP contribution in [-0.4, -0.2) is 28.0 Å². The lowest BCUT2D eigenvalue weighted by molar-refractivity contribution is -0.136. The van der Waals surface area contributed by atoms with E-state index in [0.29, 0.717) is 13.1 Å². The topological polar surface area (TPSA) is 64.0 Å². The number of nitrogens with zero attached hydrogens (tertiary/aromatic N) is 2. The van der Waals surface area contributed by atoms with Crippen molar-refractivity contribution in [3.8, 4) is 0 Å². The van der Waals surface area contributed by atoms with Gasteiger partial charge in [0.2, 0.25) is 5.78 Å². The number of nitrogens with one attached hydrogen (secondary N) is 1. The van der Waals surface area contributed by atoms with Crippen molar-refractivity contribution in [2.24, 2.45) is 0 Å². The minimum atomic E-state index is -0.531. The van der Waals surface area contributed by atoms with Crippen LogP contribution in [0.4, 0.5) is 0 Å². The lowest BCUT2D eigenvalue weighted by atomic mass is 10.4. The molecule has 5 nitrogen and oxygen atoms in total. The Morgan fingerprint density at radius 1 is 1.60 bits per heavy atom. The second kappa shape index (κ2) is 5.65. The molecule has 6 heteroatoms. The van der Waals surface area contributed by atoms with Gasteiger partial charge in [-0.05, 0) is 22.4 Å². The van der Waals surface area contributed by atoms with E-state index in [-0.39, 0.29) is 0 Å². The van der Waals surface area contributed by atoms with E-state index < -0.39 is 11.7 Å². The first-order valence-electron chi connectivity index (χ1n) is 4.56. The molecule has 1 amide bonds. The smallest absolute Gasteiger partial charge is 0.287 e. The third kappa shape index (κ3) is 4.24. The lowest BCUT2D eigenvalue weighted by Gasteiger charge is -2.02. The number of aromatic nitrogens is 2. The molecule has 1 rings (SSSR count). The van der Waals surface area contributed by atoms with E-state index in [9.17, 15) is 9.59 Å². The number of amides is 1. The molecule has 0 atom stereocenters. The van der Waals surface area contributed by atoms with Crippen molar-refractivity contribution in [2.75, 3.05) is 6.54 Å². The molecule has 0 aliphatic heterocycles. The van der Waals surface area contributed by atoms with E-state index in [4.69, 9.17) is 0 Å². The summed E-state index contributed by atoms with van der Waals surface area (Å²) in [7, 11) is 0. The standard InChI is InChI=1S/C9H12BrN3O2/c1-7(14)9(15)11-3-2-4-13-6-8(10)5-12-13/h5-6H,2-4H2,1H3,(H,11,15). The fourth-order valence-electron chi connectivity index (χ4n) is 1.03. The first-order valence-corrected chi connectivity index (χ1v) is 5.35. The maximum Gasteiger partial charge on any atom is 0.287 e. The van der Waals surface area contributed by atoms with Crippen LogP contribution in [0.15, 0.2) is 16.9 Å². The van der Waals surface area contributed by atoms with Gasteiger partial charge >= 0.3 is 0 Å². The molecule has 1 aromatic heterocycles. The predicted molar refractivity (Wildman–Crippen MR) is 58.2 cm³/mol. The molecule has 0 saturated carbocycles. The highest BCUT2D eigenvalue weighted by atomic mass is 79.9. The van der Waals surface area contributed by atoms with Crippen LogP contribution in [-0.2, 0) is 16.1 Å². The van der Waals surface area contributed by atoms with Crippen LogP contribution in [0.25, 0.3) is 0 Å². The van der Waals surface area contributed by atoms with Crippen LogP contribution < -0.4 is 5.32 Å². The van der Waals surface area contributed by atoms with Gasteiger partial charge in [-0.1, -0.05) is 0 Å². The first-order chi connectivity index (χ1) is 7.09. The van der Waals surface area contributed by atoms with Crippen LogP contribution in [0.5, 0.6) is 0 Å². The quantitative estimate of drug-likeness (QED) is 0.636. The van der Waals surface area contributed by atoms with Crippen molar-refractivity contribution < 1.29 is 9.59 Å². The Morgan fingerprint density at radius 2 is 2.33 bits per heavy atom. The minimum absolute atomic E-state index is 0.461. The van der Waals surface area contributed by atoms with Crippen LogP contribution in [0.3, 0.4) is 0 Å². The predicted octanol–water partition coefficient (Wildman–Crippen LogP) is 0.741. The highest BCUT2D eigenvalue weighted by Gasteiger charge is 2.05. The maximum absolute atomic E-state index is 10.9. The number of ketones is 1. The highest BCUT2D eigenvalue weighted by molar-refractivity contribution is 9.10. The summed E-state index contributed by atoms with van der Waals surface area (Å²) >= 11 is 3.29. The van der Waals surface area contributed by atoms with Gasteiger partial charge in [0, 0.05) is 26.2 Å². The average Bonchev–Trinajstić information content (AvgIpc) is 2.58. The monoisotopic (exact) mass is 273 g/mol. The van der Waals surface area contributed by atoms with Gasteiger partial charge in [-0.2, -0.15) is 5.10 Å². The van der Waals surface area contributed by atoms with Gasteiger partial charge in [-0.15, -0.1) is 0 Å². The van der Waals surface area contributed by atoms with E-state index in [0.717, 1.165) is 10.9 Å². The number of Topliss-reactive ketones (excluding diaryl/α,β-unsaturated/α-hetero) is 1. The van der Waals surface area contributed by atoms with Crippen LogP contribution in [0.1, 0.15) is 13.3 Å². The first kappa shape index (κ1) is 11.9. The summed E-state index contributed by atoms with van der Waals surface area (Å²) in [6, 6.07) is 0. The zero-order valence-electron chi connectivity index (χ0n) is 8.36. The molecule has 0 unspecified atom stereocenters. The summed E-state index contributed by atoms with van der Waals surface area (Å²) in [5.74, 6) is -0.992. The molecule has 0 aliphatic rings. The van der Waals surface area contributed by atoms with Crippen molar-refractivity contribution in [3.63, 3.8) is 0 Å². The number of hydrogen-bond acceptors (Lipinski definition) is 3. The number of aryl methyl sites for hydroxylation is 1. The lowest BCUT2D eigenvalue weighted by Crippen LogP contribution is -2.30. The summed E-state index contributed by atoms with van der Waals surface area (Å²) in [6.45, 7) is 2.44. The molecule has 0 aromatic carbocycles. The number of carbonyl (C=O) groups excluding carboxylic acids is 2. The minimum Gasteiger partial charge on any atom is -0.349 e. The van der Waals surface area contributed by atoms with E-state index >= 15 is 0 Å². The Morgan fingerprint density at radius 3 is 2.87 bits per heavy atom. The Labute approximate surface area is 96.0 Å². The number of rotatable bonds is 5. The van der Waals surface area contributed by atoms with Crippen molar-refractivity contribution in [1.29, 1.82) is 0 Å². The van der Waals surface area contributed by atoms with Crippen LogP contribution >= 0.6 is 15.9 Å². The zero-order valence-corrected chi connectivity index (χ0v) is 9.95. The summed E-state index contributed by atoms with van der Waals surface area (Å²) in [5.41, 5.74) is 0. The molecular weight excluding hydrogens is 262 g/mol. The average molecular weight is 274 g/mol. The molecule has 1 heterocycles. The van der Waals surface area contributed by atoms with Gasteiger partial charge < -0.3 is 5.32 Å². The van der Waals surface area contributed by atoms with Crippen molar-refractivity contribution in [2.45, 2.75) is 19.9 Å². The molecule has 1 N–H and O–H groups in total. The molecule has 82 valence electrons. The molecular formula is C9H12BrN3O2. The SMILES string of the molecule is CC(=O)C(=O)NCCCn1cc(Br)cn1. The van der Waals surface area contributed by atoms with Crippen LogP contribution in [0, 0.1) is 0 Å².